The molecule has 1 fully saturated rings. The minimum Gasteiger partial charge on any atom is -0.379 e. The van der Waals surface area contributed by atoms with Crippen molar-refractivity contribution in [1.82, 2.24) is 5.32 Å². The zero-order valence-corrected chi connectivity index (χ0v) is 17.4. The zero-order valence-electron chi connectivity index (χ0n) is 17.4. The number of hydrogen-bond acceptors (Lipinski definition) is 3. The molecule has 1 aliphatic rings. The molecule has 1 amide bonds. The van der Waals surface area contributed by atoms with Crippen LogP contribution in [0.25, 0.3) is 0 Å². The smallest absolute Gasteiger partial charge is 0.245 e. The second-order valence-corrected chi connectivity index (χ2v) is 8.06. The van der Waals surface area contributed by atoms with Gasteiger partial charge in [0, 0.05) is 7.11 Å². The van der Waals surface area contributed by atoms with Crippen molar-refractivity contribution in [3.05, 3.63) is 12.7 Å². The number of unbranched alkanes of at least 4 members (excludes halogenated alkanes) is 2. The molecular weight excluding hydrogens is 326 g/mol. The lowest BCUT2D eigenvalue weighted by Crippen LogP contribution is -2.28. The first-order valence-electron chi connectivity index (χ1n) is 10.6. The van der Waals surface area contributed by atoms with Crippen molar-refractivity contribution >= 4 is 5.91 Å². The summed E-state index contributed by atoms with van der Waals surface area (Å²) in [6.45, 7) is 8.29. The molecule has 0 aliphatic heterocycles. The van der Waals surface area contributed by atoms with Crippen LogP contribution in [0.15, 0.2) is 12.7 Å². The van der Waals surface area contributed by atoms with Crippen LogP contribution in [0.3, 0.4) is 0 Å². The molecular formula is C22H41NO3. The highest BCUT2D eigenvalue weighted by Crippen LogP contribution is 2.32. The standard InChI is InChI=1S/C22H41NO3/c1-5-7-8-11-19-13-14-20(26-18-23-21(24)6-2)12-9-10-16-22(3,25-4)17-15-19/h6,19-20H,2,5,7-18H2,1,3-4H3,(H,23,24). The molecule has 0 spiro atoms. The summed E-state index contributed by atoms with van der Waals surface area (Å²) in [6, 6.07) is 0. The molecule has 1 rings (SSSR count). The van der Waals surface area contributed by atoms with Gasteiger partial charge in [-0.3, -0.25) is 4.79 Å². The van der Waals surface area contributed by atoms with Crippen molar-refractivity contribution in [3.8, 4) is 0 Å². The van der Waals surface area contributed by atoms with Gasteiger partial charge in [-0.1, -0.05) is 52.0 Å². The molecule has 0 aromatic heterocycles. The maximum atomic E-state index is 11.3. The summed E-state index contributed by atoms with van der Waals surface area (Å²) in [7, 11) is 1.86. The number of carbonyl (C=O) groups is 1. The van der Waals surface area contributed by atoms with Gasteiger partial charge >= 0.3 is 0 Å². The van der Waals surface area contributed by atoms with Gasteiger partial charge < -0.3 is 14.8 Å². The summed E-state index contributed by atoms with van der Waals surface area (Å²) in [5.74, 6) is 0.581. The number of nitrogens with one attached hydrogen (secondary N) is 1. The van der Waals surface area contributed by atoms with Gasteiger partial charge in [-0.25, -0.2) is 0 Å². The summed E-state index contributed by atoms with van der Waals surface area (Å²) in [5, 5.41) is 2.73. The largest absolute Gasteiger partial charge is 0.379 e. The van der Waals surface area contributed by atoms with Crippen molar-refractivity contribution in [2.24, 2.45) is 5.92 Å². The van der Waals surface area contributed by atoms with Crippen LogP contribution in [0, 0.1) is 5.92 Å². The van der Waals surface area contributed by atoms with Crippen molar-refractivity contribution in [2.45, 2.75) is 103 Å². The van der Waals surface area contributed by atoms with Crippen LogP contribution in [-0.4, -0.2) is 31.5 Å². The highest BCUT2D eigenvalue weighted by atomic mass is 16.5. The number of methoxy groups -OCH3 is 1. The summed E-state index contributed by atoms with van der Waals surface area (Å²) in [6.07, 6.45) is 16.0. The van der Waals surface area contributed by atoms with Crippen LogP contribution in [0.4, 0.5) is 0 Å². The predicted molar refractivity (Wildman–Crippen MR) is 108 cm³/mol. The fourth-order valence-corrected chi connectivity index (χ4v) is 3.86. The molecule has 0 aromatic carbocycles. The first-order chi connectivity index (χ1) is 12.5. The molecule has 1 saturated carbocycles. The Bertz CT molecular complexity index is 399. The van der Waals surface area contributed by atoms with E-state index in [1.54, 1.807) is 0 Å². The van der Waals surface area contributed by atoms with Crippen molar-refractivity contribution in [1.29, 1.82) is 0 Å². The number of hydrogen-bond donors (Lipinski definition) is 1. The Kier molecular flexibility index (Phi) is 11.9. The van der Waals surface area contributed by atoms with E-state index in [4.69, 9.17) is 9.47 Å². The van der Waals surface area contributed by atoms with E-state index < -0.39 is 0 Å². The lowest BCUT2D eigenvalue weighted by molar-refractivity contribution is -0.119. The summed E-state index contributed by atoms with van der Waals surface area (Å²) < 4.78 is 11.8. The summed E-state index contributed by atoms with van der Waals surface area (Å²) >= 11 is 0. The molecule has 0 heterocycles. The van der Waals surface area contributed by atoms with Gasteiger partial charge in [0.1, 0.15) is 6.73 Å². The lowest BCUT2D eigenvalue weighted by Gasteiger charge is -2.30. The van der Waals surface area contributed by atoms with Crippen LogP contribution in [-0.2, 0) is 14.3 Å². The average Bonchev–Trinajstić information content (AvgIpc) is 2.68. The second kappa shape index (κ2) is 13.3. The van der Waals surface area contributed by atoms with Crippen molar-refractivity contribution in [3.63, 3.8) is 0 Å². The molecule has 4 heteroatoms. The Morgan fingerprint density at radius 2 is 2.00 bits per heavy atom. The fraction of sp³-hybridized carbons (Fsp3) is 0.864. The Labute approximate surface area is 161 Å². The molecule has 152 valence electrons. The van der Waals surface area contributed by atoms with Crippen LogP contribution < -0.4 is 5.32 Å². The van der Waals surface area contributed by atoms with Crippen molar-refractivity contribution in [2.75, 3.05) is 13.8 Å². The topological polar surface area (TPSA) is 47.6 Å². The molecule has 0 aromatic rings. The van der Waals surface area contributed by atoms with E-state index in [9.17, 15) is 4.79 Å². The minimum atomic E-state index is -0.171. The molecule has 3 unspecified atom stereocenters. The Balaban J connectivity index is 2.60. The predicted octanol–water partition coefficient (Wildman–Crippen LogP) is 5.37. The fourth-order valence-electron chi connectivity index (χ4n) is 3.86. The van der Waals surface area contributed by atoms with Gasteiger partial charge in [0.2, 0.25) is 5.91 Å². The van der Waals surface area contributed by atoms with E-state index in [0.717, 1.165) is 38.0 Å². The Morgan fingerprint density at radius 3 is 2.69 bits per heavy atom. The van der Waals surface area contributed by atoms with Crippen LogP contribution in [0.2, 0.25) is 0 Å². The molecule has 1 N–H and O–H groups in total. The SMILES string of the molecule is C=CC(=O)NCOC1CCCCC(C)(OC)CCC(CCCCC)CC1. The van der Waals surface area contributed by atoms with Gasteiger partial charge in [0.15, 0.2) is 0 Å². The molecule has 3 atom stereocenters. The monoisotopic (exact) mass is 367 g/mol. The average molecular weight is 368 g/mol. The molecule has 4 nitrogen and oxygen atoms in total. The maximum absolute atomic E-state index is 11.3. The quantitative estimate of drug-likeness (QED) is 0.339. The third-order valence-electron chi connectivity index (χ3n) is 5.92. The summed E-state index contributed by atoms with van der Waals surface area (Å²) in [4.78, 5) is 11.3. The number of ether oxygens (including phenoxy) is 2. The normalized spacial score (nSPS) is 28.1. The van der Waals surface area contributed by atoms with Gasteiger partial charge in [-0.15, -0.1) is 0 Å². The third-order valence-corrected chi connectivity index (χ3v) is 5.92. The van der Waals surface area contributed by atoms with Crippen LogP contribution >= 0.6 is 0 Å². The number of rotatable bonds is 9. The van der Waals surface area contributed by atoms with Crippen LogP contribution in [0.1, 0.15) is 90.9 Å². The second-order valence-electron chi connectivity index (χ2n) is 8.06. The third kappa shape index (κ3) is 9.72. The van der Waals surface area contributed by atoms with E-state index in [1.165, 1.54) is 51.0 Å². The van der Waals surface area contributed by atoms with E-state index in [-0.39, 0.29) is 24.3 Å². The van der Waals surface area contributed by atoms with E-state index >= 15 is 0 Å². The van der Waals surface area contributed by atoms with Gasteiger partial charge in [0.05, 0.1) is 11.7 Å². The Morgan fingerprint density at radius 1 is 1.19 bits per heavy atom. The number of amides is 1. The maximum Gasteiger partial charge on any atom is 0.245 e. The first kappa shape index (κ1) is 23.2. The van der Waals surface area contributed by atoms with E-state index in [1.807, 2.05) is 7.11 Å². The summed E-state index contributed by atoms with van der Waals surface area (Å²) in [5.41, 5.74) is 0.0155. The molecule has 1 aliphatic carbocycles. The highest BCUT2D eigenvalue weighted by Gasteiger charge is 2.26. The molecule has 0 bridgehead atoms. The Hall–Kier alpha value is -0.870. The molecule has 0 radical (unpaired) electrons. The molecule has 26 heavy (non-hydrogen) atoms. The van der Waals surface area contributed by atoms with Gasteiger partial charge in [-0.2, -0.15) is 0 Å². The highest BCUT2D eigenvalue weighted by molar-refractivity contribution is 5.86. The van der Waals surface area contributed by atoms with Gasteiger partial charge in [0.25, 0.3) is 0 Å². The van der Waals surface area contributed by atoms with Crippen LogP contribution in [0.5, 0.6) is 0 Å². The zero-order chi connectivity index (χ0) is 19.3. The minimum absolute atomic E-state index is 0.0155. The first-order valence-corrected chi connectivity index (χ1v) is 10.6. The molecule has 0 saturated heterocycles. The van der Waals surface area contributed by atoms with E-state index in [2.05, 4.69) is 25.7 Å². The van der Waals surface area contributed by atoms with Crippen molar-refractivity contribution < 1.29 is 14.3 Å². The number of carbonyl (C=O) groups excluding carboxylic acids is 1. The lowest BCUT2D eigenvalue weighted by atomic mass is 9.85. The van der Waals surface area contributed by atoms with E-state index in [0.29, 0.717) is 0 Å². The van der Waals surface area contributed by atoms with Gasteiger partial charge in [-0.05, 0) is 57.4 Å².